The van der Waals surface area contributed by atoms with Crippen LogP contribution >= 0.6 is 0 Å². The lowest BCUT2D eigenvalue weighted by atomic mass is 10.0. The molecular weight excluding hydrogens is 248 g/mol. The van der Waals surface area contributed by atoms with E-state index in [-0.39, 0.29) is 0 Å². The lowest BCUT2D eigenvalue weighted by Gasteiger charge is -2.29. The molecule has 1 aliphatic carbocycles. The number of ether oxygens (including phenoxy) is 1. The first-order valence-corrected chi connectivity index (χ1v) is 7.67. The molecule has 1 atom stereocenters. The quantitative estimate of drug-likeness (QED) is 0.864. The molecule has 0 aromatic heterocycles. The Labute approximate surface area is 123 Å². The molecule has 112 valence electrons. The van der Waals surface area contributed by atoms with Crippen LogP contribution in [-0.4, -0.2) is 38.7 Å². The first kappa shape index (κ1) is 15.3. The zero-order valence-corrected chi connectivity index (χ0v) is 13.3. The van der Waals surface area contributed by atoms with Gasteiger partial charge < -0.3 is 15.0 Å². The van der Waals surface area contributed by atoms with Gasteiger partial charge in [-0.05, 0) is 39.9 Å². The Morgan fingerprint density at radius 3 is 2.65 bits per heavy atom. The normalized spacial score (nSPS) is 17.6. The van der Waals surface area contributed by atoms with Crippen molar-refractivity contribution in [3.8, 4) is 5.75 Å². The molecule has 0 bridgehead atoms. The van der Waals surface area contributed by atoms with E-state index in [1.807, 2.05) is 7.05 Å². The van der Waals surface area contributed by atoms with Crippen LogP contribution in [-0.2, 0) is 0 Å². The van der Waals surface area contributed by atoms with Gasteiger partial charge >= 0.3 is 0 Å². The second-order valence-electron chi connectivity index (χ2n) is 5.96. The van der Waals surface area contributed by atoms with Gasteiger partial charge in [0.25, 0.3) is 0 Å². The van der Waals surface area contributed by atoms with Crippen LogP contribution in [0.25, 0.3) is 0 Å². The van der Waals surface area contributed by atoms with Crippen molar-refractivity contribution in [2.45, 2.75) is 44.7 Å². The fourth-order valence-electron chi connectivity index (χ4n) is 3.25. The number of nitrogens with one attached hydrogen (secondary N) is 1. The molecular formula is C17H28N2O. The summed E-state index contributed by atoms with van der Waals surface area (Å²) in [7, 11) is 6.04. The van der Waals surface area contributed by atoms with Crippen LogP contribution < -0.4 is 10.1 Å². The summed E-state index contributed by atoms with van der Waals surface area (Å²) < 4.78 is 5.53. The van der Waals surface area contributed by atoms with Crippen LogP contribution in [0.4, 0.5) is 0 Å². The zero-order valence-electron chi connectivity index (χ0n) is 13.3. The summed E-state index contributed by atoms with van der Waals surface area (Å²) in [4.78, 5) is 2.51. The van der Waals surface area contributed by atoms with Gasteiger partial charge in [-0.1, -0.05) is 30.5 Å². The topological polar surface area (TPSA) is 24.5 Å². The van der Waals surface area contributed by atoms with Crippen molar-refractivity contribution in [1.82, 2.24) is 10.2 Å². The predicted molar refractivity (Wildman–Crippen MR) is 84.4 cm³/mol. The molecule has 0 saturated heterocycles. The van der Waals surface area contributed by atoms with Gasteiger partial charge in [-0.25, -0.2) is 0 Å². The van der Waals surface area contributed by atoms with E-state index in [2.05, 4.69) is 42.4 Å². The first-order chi connectivity index (χ1) is 9.65. The second-order valence-corrected chi connectivity index (χ2v) is 5.96. The maximum Gasteiger partial charge on any atom is 0.123 e. The van der Waals surface area contributed by atoms with E-state index in [4.69, 9.17) is 4.74 Å². The van der Waals surface area contributed by atoms with E-state index in [1.54, 1.807) is 7.11 Å². The number of hydrogen-bond acceptors (Lipinski definition) is 3. The van der Waals surface area contributed by atoms with Crippen LogP contribution in [0, 0.1) is 6.92 Å². The number of benzene rings is 1. The maximum atomic E-state index is 5.53. The molecule has 1 unspecified atom stereocenters. The third-order valence-corrected chi connectivity index (χ3v) is 4.53. The highest BCUT2D eigenvalue weighted by Gasteiger charge is 2.23. The molecule has 1 aliphatic rings. The maximum absolute atomic E-state index is 5.53. The van der Waals surface area contributed by atoms with Gasteiger partial charge in [0.15, 0.2) is 0 Å². The number of methoxy groups -OCH3 is 1. The average Bonchev–Trinajstić information content (AvgIpc) is 2.98. The Bertz CT molecular complexity index is 427. The summed E-state index contributed by atoms with van der Waals surface area (Å²) in [6.07, 6.45) is 5.45. The highest BCUT2D eigenvalue weighted by Crippen LogP contribution is 2.29. The molecule has 1 aromatic rings. The Morgan fingerprint density at radius 2 is 2.05 bits per heavy atom. The van der Waals surface area contributed by atoms with Crippen LogP contribution in [0.2, 0.25) is 0 Å². The number of rotatable bonds is 6. The molecule has 3 nitrogen and oxygen atoms in total. The van der Waals surface area contributed by atoms with Gasteiger partial charge in [0, 0.05) is 24.2 Å². The number of aryl methyl sites for hydroxylation is 1. The number of nitrogens with zero attached hydrogens (tertiary/aromatic N) is 1. The minimum atomic E-state index is 0.315. The number of likely N-dealkylation sites (N-methyl/N-ethyl adjacent to an activating group) is 2. The summed E-state index contributed by atoms with van der Waals surface area (Å²) in [5, 5.41) is 3.45. The summed E-state index contributed by atoms with van der Waals surface area (Å²) in [6, 6.07) is 7.49. The van der Waals surface area contributed by atoms with Gasteiger partial charge in [-0.2, -0.15) is 0 Å². The lowest BCUT2D eigenvalue weighted by Crippen LogP contribution is -2.37. The molecule has 0 spiro atoms. The SMILES string of the molecule is CNC(CN(C)C1CCCC1)c1cc(C)ccc1OC. The summed E-state index contributed by atoms with van der Waals surface area (Å²) in [5.41, 5.74) is 2.55. The van der Waals surface area contributed by atoms with Gasteiger partial charge in [0.2, 0.25) is 0 Å². The van der Waals surface area contributed by atoms with Crippen LogP contribution in [0.1, 0.15) is 42.9 Å². The van der Waals surface area contributed by atoms with Gasteiger partial charge in [0.1, 0.15) is 5.75 Å². The minimum Gasteiger partial charge on any atom is -0.496 e. The lowest BCUT2D eigenvalue weighted by molar-refractivity contribution is 0.220. The average molecular weight is 276 g/mol. The largest absolute Gasteiger partial charge is 0.496 e. The molecule has 20 heavy (non-hydrogen) atoms. The standard InChI is InChI=1S/C17H28N2O/c1-13-9-10-17(20-4)15(11-13)16(18-2)12-19(3)14-7-5-6-8-14/h9-11,14,16,18H,5-8,12H2,1-4H3. The molecule has 0 aliphatic heterocycles. The predicted octanol–water partition coefficient (Wildman–Crippen LogP) is 3.14. The molecule has 0 heterocycles. The third kappa shape index (κ3) is 3.53. The summed E-state index contributed by atoms with van der Waals surface area (Å²) in [5.74, 6) is 0.981. The van der Waals surface area contributed by atoms with E-state index in [0.717, 1.165) is 18.3 Å². The van der Waals surface area contributed by atoms with E-state index < -0.39 is 0 Å². The molecule has 1 fully saturated rings. The first-order valence-electron chi connectivity index (χ1n) is 7.67. The van der Waals surface area contributed by atoms with Gasteiger partial charge in [-0.15, -0.1) is 0 Å². The van der Waals surface area contributed by atoms with Crippen molar-refractivity contribution >= 4 is 0 Å². The fourth-order valence-corrected chi connectivity index (χ4v) is 3.25. The molecule has 1 saturated carbocycles. The van der Waals surface area contributed by atoms with Crippen molar-refractivity contribution < 1.29 is 4.74 Å². The molecule has 0 amide bonds. The van der Waals surface area contributed by atoms with Crippen LogP contribution in [0.3, 0.4) is 0 Å². The van der Waals surface area contributed by atoms with E-state index in [0.29, 0.717) is 6.04 Å². The fraction of sp³-hybridized carbons (Fsp3) is 0.647. The van der Waals surface area contributed by atoms with E-state index in [9.17, 15) is 0 Å². The highest BCUT2D eigenvalue weighted by molar-refractivity contribution is 5.39. The highest BCUT2D eigenvalue weighted by atomic mass is 16.5. The van der Waals surface area contributed by atoms with Crippen molar-refractivity contribution in [1.29, 1.82) is 0 Å². The second kappa shape index (κ2) is 7.09. The number of hydrogen-bond donors (Lipinski definition) is 1. The van der Waals surface area contributed by atoms with E-state index >= 15 is 0 Å². The van der Waals surface area contributed by atoms with E-state index in [1.165, 1.54) is 36.8 Å². The van der Waals surface area contributed by atoms with Crippen molar-refractivity contribution in [2.75, 3.05) is 27.7 Å². The zero-order chi connectivity index (χ0) is 14.5. The summed E-state index contributed by atoms with van der Waals surface area (Å²) >= 11 is 0. The molecule has 2 rings (SSSR count). The Morgan fingerprint density at radius 1 is 1.35 bits per heavy atom. The van der Waals surface area contributed by atoms with Gasteiger partial charge in [0.05, 0.1) is 7.11 Å². The van der Waals surface area contributed by atoms with Gasteiger partial charge in [-0.3, -0.25) is 0 Å². The van der Waals surface area contributed by atoms with Crippen molar-refractivity contribution in [3.63, 3.8) is 0 Å². The molecule has 1 N–H and O–H groups in total. The minimum absolute atomic E-state index is 0.315. The van der Waals surface area contributed by atoms with Crippen LogP contribution in [0.15, 0.2) is 18.2 Å². The summed E-state index contributed by atoms with van der Waals surface area (Å²) in [6.45, 7) is 3.16. The molecule has 3 heteroatoms. The Kier molecular flexibility index (Phi) is 5.44. The Hall–Kier alpha value is -1.06. The van der Waals surface area contributed by atoms with Crippen molar-refractivity contribution in [3.05, 3.63) is 29.3 Å². The third-order valence-electron chi connectivity index (χ3n) is 4.53. The smallest absolute Gasteiger partial charge is 0.123 e. The van der Waals surface area contributed by atoms with Crippen molar-refractivity contribution in [2.24, 2.45) is 0 Å². The monoisotopic (exact) mass is 276 g/mol. The van der Waals surface area contributed by atoms with Crippen LogP contribution in [0.5, 0.6) is 5.75 Å². The molecule has 1 aromatic carbocycles. The Balaban J connectivity index is 2.12. The molecule has 0 radical (unpaired) electrons.